The average Bonchev–Trinajstić information content (AvgIpc) is 2.63. The quantitative estimate of drug-likeness (QED) is 0.794. The third-order valence-electron chi connectivity index (χ3n) is 2.69. The molecule has 1 aromatic rings. The Kier molecular flexibility index (Phi) is 3.17. The highest BCUT2D eigenvalue weighted by Crippen LogP contribution is 2.22. The van der Waals surface area contributed by atoms with Crippen LogP contribution in [-0.2, 0) is 11.3 Å². The highest BCUT2D eigenvalue weighted by Gasteiger charge is 2.22. The van der Waals surface area contributed by atoms with Gasteiger partial charge in [-0.15, -0.1) is 0 Å². The molecule has 1 N–H and O–H groups in total. The third-order valence-corrected chi connectivity index (χ3v) is 2.69. The number of aliphatic hydroxyl groups is 1. The Hall–Kier alpha value is -0.860. The fourth-order valence-corrected chi connectivity index (χ4v) is 1.86. The van der Waals surface area contributed by atoms with Gasteiger partial charge in [-0.1, -0.05) is 30.3 Å². The van der Waals surface area contributed by atoms with Gasteiger partial charge in [0.25, 0.3) is 0 Å². The van der Waals surface area contributed by atoms with Crippen molar-refractivity contribution in [3.05, 3.63) is 35.9 Å². The van der Waals surface area contributed by atoms with Gasteiger partial charge in [-0.2, -0.15) is 0 Å². The lowest BCUT2D eigenvalue weighted by Crippen LogP contribution is -2.09. The van der Waals surface area contributed by atoms with Gasteiger partial charge in [0.05, 0.1) is 18.8 Å². The number of hydrogen-bond acceptors (Lipinski definition) is 2. The summed E-state index contributed by atoms with van der Waals surface area (Å²) in [5.74, 6) is 0. The summed E-state index contributed by atoms with van der Waals surface area (Å²) in [4.78, 5) is 0. The molecule has 0 aliphatic heterocycles. The summed E-state index contributed by atoms with van der Waals surface area (Å²) in [5, 5.41) is 9.32. The predicted molar refractivity (Wildman–Crippen MR) is 54.9 cm³/mol. The second kappa shape index (κ2) is 4.58. The summed E-state index contributed by atoms with van der Waals surface area (Å²) in [6, 6.07) is 10.2. The van der Waals surface area contributed by atoms with Gasteiger partial charge in [0.2, 0.25) is 0 Å². The molecule has 2 rings (SSSR count). The van der Waals surface area contributed by atoms with Crippen molar-refractivity contribution in [1.82, 2.24) is 0 Å². The van der Waals surface area contributed by atoms with Gasteiger partial charge in [0.1, 0.15) is 0 Å². The van der Waals surface area contributed by atoms with E-state index < -0.39 is 0 Å². The van der Waals surface area contributed by atoms with Crippen LogP contribution in [0.15, 0.2) is 30.3 Å². The van der Waals surface area contributed by atoms with Crippen LogP contribution in [-0.4, -0.2) is 17.3 Å². The molecular weight excluding hydrogens is 176 g/mol. The van der Waals surface area contributed by atoms with Gasteiger partial charge in [0.15, 0.2) is 0 Å². The Bertz CT molecular complexity index is 271. The molecule has 0 spiro atoms. The first-order valence-corrected chi connectivity index (χ1v) is 5.18. The summed E-state index contributed by atoms with van der Waals surface area (Å²) in [5.41, 5.74) is 1.20. The lowest BCUT2D eigenvalue weighted by Gasteiger charge is -2.10. The van der Waals surface area contributed by atoms with Crippen molar-refractivity contribution in [2.75, 3.05) is 0 Å². The van der Waals surface area contributed by atoms with Crippen molar-refractivity contribution in [3.8, 4) is 0 Å². The highest BCUT2D eigenvalue weighted by molar-refractivity contribution is 5.13. The second-order valence-corrected chi connectivity index (χ2v) is 3.89. The van der Waals surface area contributed by atoms with E-state index >= 15 is 0 Å². The largest absolute Gasteiger partial charge is 0.393 e. The normalized spacial score (nSPS) is 26.6. The number of ether oxygens (including phenoxy) is 1. The predicted octanol–water partition coefficient (Wildman–Crippen LogP) is 2.12. The molecule has 0 aromatic heterocycles. The fourth-order valence-electron chi connectivity index (χ4n) is 1.86. The van der Waals surface area contributed by atoms with Crippen LogP contribution in [0.2, 0.25) is 0 Å². The van der Waals surface area contributed by atoms with Gasteiger partial charge < -0.3 is 9.84 Å². The Morgan fingerprint density at radius 3 is 2.64 bits per heavy atom. The molecular formula is C12H16O2. The smallest absolute Gasteiger partial charge is 0.0720 e. The molecule has 1 aliphatic rings. The Morgan fingerprint density at radius 2 is 2.00 bits per heavy atom. The van der Waals surface area contributed by atoms with E-state index in [4.69, 9.17) is 4.74 Å². The first-order valence-electron chi connectivity index (χ1n) is 5.18. The Morgan fingerprint density at radius 1 is 1.21 bits per heavy atom. The maximum atomic E-state index is 9.32. The molecule has 0 saturated heterocycles. The highest BCUT2D eigenvalue weighted by atomic mass is 16.5. The van der Waals surface area contributed by atoms with E-state index in [-0.39, 0.29) is 12.2 Å². The van der Waals surface area contributed by atoms with E-state index in [0.29, 0.717) is 6.61 Å². The van der Waals surface area contributed by atoms with Gasteiger partial charge >= 0.3 is 0 Å². The van der Waals surface area contributed by atoms with E-state index in [1.165, 1.54) is 5.56 Å². The summed E-state index contributed by atoms with van der Waals surface area (Å²) < 4.78 is 5.70. The summed E-state index contributed by atoms with van der Waals surface area (Å²) >= 11 is 0. The van der Waals surface area contributed by atoms with Crippen LogP contribution in [0.1, 0.15) is 24.8 Å². The van der Waals surface area contributed by atoms with Crippen LogP contribution >= 0.6 is 0 Å². The zero-order valence-corrected chi connectivity index (χ0v) is 8.23. The van der Waals surface area contributed by atoms with Crippen molar-refractivity contribution < 1.29 is 9.84 Å². The maximum Gasteiger partial charge on any atom is 0.0720 e. The molecule has 1 aromatic carbocycles. The SMILES string of the molecule is O[C@@H]1CC[C@@H](OCc2ccccc2)C1. The van der Waals surface area contributed by atoms with Gasteiger partial charge in [-0.3, -0.25) is 0 Å². The molecule has 1 fully saturated rings. The third kappa shape index (κ3) is 2.56. The topological polar surface area (TPSA) is 29.5 Å². The van der Waals surface area contributed by atoms with Crippen LogP contribution < -0.4 is 0 Å². The van der Waals surface area contributed by atoms with E-state index in [1.54, 1.807) is 0 Å². The van der Waals surface area contributed by atoms with Gasteiger partial charge in [-0.25, -0.2) is 0 Å². The fraction of sp³-hybridized carbons (Fsp3) is 0.500. The number of hydrogen-bond donors (Lipinski definition) is 1. The van der Waals surface area contributed by atoms with Crippen molar-refractivity contribution >= 4 is 0 Å². The molecule has 0 radical (unpaired) electrons. The monoisotopic (exact) mass is 192 g/mol. The van der Waals surface area contributed by atoms with Crippen LogP contribution in [0.25, 0.3) is 0 Å². The molecule has 76 valence electrons. The van der Waals surface area contributed by atoms with Crippen LogP contribution in [0.4, 0.5) is 0 Å². The first-order chi connectivity index (χ1) is 6.84. The molecule has 14 heavy (non-hydrogen) atoms. The van der Waals surface area contributed by atoms with Crippen LogP contribution in [0.5, 0.6) is 0 Å². The molecule has 2 heteroatoms. The maximum absolute atomic E-state index is 9.32. The van der Waals surface area contributed by atoms with Crippen molar-refractivity contribution in [2.24, 2.45) is 0 Å². The molecule has 1 saturated carbocycles. The zero-order valence-electron chi connectivity index (χ0n) is 8.23. The number of aliphatic hydroxyl groups excluding tert-OH is 1. The summed E-state index contributed by atoms with van der Waals surface area (Å²) in [7, 11) is 0. The Balaban J connectivity index is 1.78. The van der Waals surface area contributed by atoms with Crippen molar-refractivity contribution in [1.29, 1.82) is 0 Å². The first kappa shape index (κ1) is 9.69. The van der Waals surface area contributed by atoms with E-state index in [0.717, 1.165) is 19.3 Å². The zero-order chi connectivity index (χ0) is 9.80. The van der Waals surface area contributed by atoms with Crippen molar-refractivity contribution in [3.63, 3.8) is 0 Å². The molecule has 2 atom stereocenters. The minimum atomic E-state index is -0.143. The van der Waals surface area contributed by atoms with E-state index in [2.05, 4.69) is 12.1 Å². The summed E-state index contributed by atoms with van der Waals surface area (Å²) in [6.45, 7) is 0.665. The average molecular weight is 192 g/mol. The van der Waals surface area contributed by atoms with Crippen molar-refractivity contribution in [2.45, 2.75) is 38.1 Å². The van der Waals surface area contributed by atoms with Crippen LogP contribution in [0.3, 0.4) is 0 Å². The number of rotatable bonds is 3. The molecule has 0 amide bonds. The Labute approximate surface area is 84.5 Å². The van der Waals surface area contributed by atoms with E-state index in [9.17, 15) is 5.11 Å². The molecule has 0 unspecified atom stereocenters. The second-order valence-electron chi connectivity index (χ2n) is 3.89. The van der Waals surface area contributed by atoms with Gasteiger partial charge in [0, 0.05) is 0 Å². The molecule has 0 bridgehead atoms. The standard InChI is InChI=1S/C12H16O2/c13-11-6-7-12(8-11)14-9-10-4-2-1-3-5-10/h1-5,11-13H,6-9H2/t11-,12-/m1/s1. The minimum absolute atomic E-state index is 0.143. The molecule has 1 aliphatic carbocycles. The minimum Gasteiger partial charge on any atom is -0.393 e. The number of benzene rings is 1. The van der Waals surface area contributed by atoms with Crippen LogP contribution in [0, 0.1) is 0 Å². The summed E-state index contributed by atoms with van der Waals surface area (Å²) in [6.07, 6.45) is 2.79. The lowest BCUT2D eigenvalue weighted by atomic mass is 10.2. The molecule has 0 heterocycles. The van der Waals surface area contributed by atoms with E-state index in [1.807, 2.05) is 18.2 Å². The van der Waals surface area contributed by atoms with Gasteiger partial charge in [-0.05, 0) is 24.8 Å². The molecule has 2 nitrogen and oxygen atoms in total. The lowest BCUT2D eigenvalue weighted by molar-refractivity contribution is 0.0357.